The molecular formula is C13H15Cl2N3O2. The second-order valence-electron chi connectivity index (χ2n) is 4.42. The first kappa shape index (κ1) is 15.3. The zero-order chi connectivity index (χ0) is 14.5. The number of aromatic nitrogens is 2. The maximum atomic E-state index is 9.14. The standard InChI is InChI=1S/C13H15Cl2N3O2/c1-9-16-13(20-17-9)8-18(4-5-19)7-10-2-3-11(14)12(15)6-10/h2-3,6,19H,4-5,7-8H2,1H3. The summed E-state index contributed by atoms with van der Waals surface area (Å²) in [6.07, 6.45) is 0. The molecule has 0 fully saturated rings. The summed E-state index contributed by atoms with van der Waals surface area (Å²) >= 11 is 11.9. The number of aliphatic hydroxyl groups is 1. The normalized spacial score (nSPS) is 11.2. The molecule has 0 atom stereocenters. The molecule has 0 unspecified atom stereocenters. The van der Waals surface area contributed by atoms with Gasteiger partial charge in [-0.1, -0.05) is 34.4 Å². The molecule has 1 N–H and O–H groups in total. The summed E-state index contributed by atoms with van der Waals surface area (Å²) in [4.78, 5) is 6.15. The van der Waals surface area contributed by atoms with Crippen LogP contribution in [-0.4, -0.2) is 33.3 Å². The summed E-state index contributed by atoms with van der Waals surface area (Å²) in [5.74, 6) is 1.12. The molecule has 1 aromatic heterocycles. The van der Waals surface area contributed by atoms with Crippen molar-refractivity contribution in [1.82, 2.24) is 15.0 Å². The molecule has 20 heavy (non-hydrogen) atoms. The number of aryl methyl sites for hydroxylation is 1. The van der Waals surface area contributed by atoms with Crippen LogP contribution in [0.4, 0.5) is 0 Å². The molecule has 0 saturated carbocycles. The molecule has 5 nitrogen and oxygen atoms in total. The van der Waals surface area contributed by atoms with E-state index in [0.29, 0.717) is 41.4 Å². The minimum atomic E-state index is 0.0500. The summed E-state index contributed by atoms with van der Waals surface area (Å²) in [6.45, 7) is 3.40. The number of hydrogen-bond donors (Lipinski definition) is 1. The molecule has 2 aromatic rings. The van der Waals surface area contributed by atoms with Crippen LogP contribution >= 0.6 is 23.2 Å². The van der Waals surface area contributed by atoms with Gasteiger partial charge in [-0.25, -0.2) is 0 Å². The Morgan fingerprint density at radius 2 is 2.05 bits per heavy atom. The van der Waals surface area contributed by atoms with Gasteiger partial charge in [0.25, 0.3) is 0 Å². The van der Waals surface area contributed by atoms with E-state index >= 15 is 0 Å². The summed E-state index contributed by atoms with van der Waals surface area (Å²) < 4.78 is 5.09. The summed E-state index contributed by atoms with van der Waals surface area (Å²) in [5, 5.41) is 13.9. The van der Waals surface area contributed by atoms with Gasteiger partial charge in [-0.15, -0.1) is 0 Å². The molecule has 7 heteroatoms. The zero-order valence-corrected chi connectivity index (χ0v) is 12.5. The van der Waals surface area contributed by atoms with Gasteiger partial charge in [0.15, 0.2) is 5.82 Å². The Hall–Kier alpha value is -1.14. The van der Waals surface area contributed by atoms with E-state index in [1.807, 2.05) is 17.0 Å². The Kier molecular flexibility index (Phi) is 5.37. The van der Waals surface area contributed by atoms with Gasteiger partial charge in [-0.05, 0) is 24.6 Å². The fourth-order valence-electron chi connectivity index (χ4n) is 1.85. The number of benzene rings is 1. The first-order valence-corrected chi connectivity index (χ1v) is 6.90. The minimum Gasteiger partial charge on any atom is -0.395 e. The quantitative estimate of drug-likeness (QED) is 0.888. The highest BCUT2D eigenvalue weighted by molar-refractivity contribution is 6.42. The molecule has 0 bridgehead atoms. The van der Waals surface area contributed by atoms with Crippen molar-refractivity contribution in [2.24, 2.45) is 0 Å². The second-order valence-corrected chi connectivity index (χ2v) is 5.23. The van der Waals surface area contributed by atoms with Crippen LogP contribution in [0.15, 0.2) is 22.7 Å². The van der Waals surface area contributed by atoms with Crippen LogP contribution in [0, 0.1) is 6.92 Å². The van der Waals surface area contributed by atoms with Gasteiger partial charge < -0.3 is 9.63 Å². The zero-order valence-electron chi connectivity index (χ0n) is 11.0. The van der Waals surface area contributed by atoms with Gasteiger partial charge in [0.05, 0.1) is 23.2 Å². The molecule has 108 valence electrons. The van der Waals surface area contributed by atoms with Crippen molar-refractivity contribution < 1.29 is 9.63 Å². The molecule has 0 amide bonds. The monoisotopic (exact) mass is 315 g/mol. The Morgan fingerprint density at radius 1 is 1.25 bits per heavy atom. The number of rotatable bonds is 6. The number of hydrogen-bond acceptors (Lipinski definition) is 5. The van der Waals surface area contributed by atoms with Crippen molar-refractivity contribution in [2.45, 2.75) is 20.0 Å². The first-order chi connectivity index (χ1) is 9.58. The Bertz CT molecular complexity index is 574. The van der Waals surface area contributed by atoms with E-state index in [1.54, 1.807) is 13.0 Å². The molecule has 0 saturated heterocycles. The Morgan fingerprint density at radius 3 is 2.65 bits per heavy atom. The summed E-state index contributed by atoms with van der Waals surface area (Å²) in [7, 11) is 0. The Labute approximate surface area is 127 Å². The number of nitrogens with zero attached hydrogens (tertiary/aromatic N) is 3. The molecule has 1 aromatic carbocycles. The van der Waals surface area contributed by atoms with Crippen LogP contribution in [0.3, 0.4) is 0 Å². The largest absolute Gasteiger partial charge is 0.395 e. The highest BCUT2D eigenvalue weighted by Crippen LogP contribution is 2.23. The van der Waals surface area contributed by atoms with Crippen LogP contribution in [-0.2, 0) is 13.1 Å². The molecule has 0 spiro atoms. The van der Waals surface area contributed by atoms with Crippen molar-refractivity contribution >= 4 is 23.2 Å². The Balaban J connectivity index is 2.06. The SMILES string of the molecule is Cc1noc(CN(CCO)Cc2ccc(Cl)c(Cl)c2)n1. The average molecular weight is 316 g/mol. The lowest BCUT2D eigenvalue weighted by atomic mass is 10.2. The van der Waals surface area contributed by atoms with E-state index in [4.69, 9.17) is 32.8 Å². The van der Waals surface area contributed by atoms with E-state index in [2.05, 4.69) is 10.1 Å². The van der Waals surface area contributed by atoms with Gasteiger partial charge in [-0.2, -0.15) is 4.98 Å². The lowest BCUT2D eigenvalue weighted by molar-refractivity contribution is 0.167. The average Bonchev–Trinajstić information content (AvgIpc) is 2.80. The highest BCUT2D eigenvalue weighted by atomic mass is 35.5. The molecular weight excluding hydrogens is 301 g/mol. The van der Waals surface area contributed by atoms with Crippen molar-refractivity contribution in [2.75, 3.05) is 13.2 Å². The van der Waals surface area contributed by atoms with E-state index in [-0.39, 0.29) is 6.61 Å². The molecule has 0 aliphatic carbocycles. The maximum absolute atomic E-state index is 9.14. The van der Waals surface area contributed by atoms with Crippen LogP contribution in [0.2, 0.25) is 10.0 Å². The molecule has 0 radical (unpaired) electrons. The molecule has 0 aliphatic heterocycles. The fourth-order valence-corrected chi connectivity index (χ4v) is 2.17. The fraction of sp³-hybridized carbons (Fsp3) is 0.385. The van der Waals surface area contributed by atoms with E-state index in [0.717, 1.165) is 5.56 Å². The van der Waals surface area contributed by atoms with Gasteiger partial charge in [-0.3, -0.25) is 4.90 Å². The number of halogens is 2. The predicted molar refractivity (Wildman–Crippen MR) is 76.7 cm³/mol. The first-order valence-electron chi connectivity index (χ1n) is 6.15. The van der Waals surface area contributed by atoms with Crippen LogP contribution < -0.4 is 0 Å². The summed E-state index contributed by atoms with van der Waals surface area (Å²) in [6, 6.07) is 5.47. The van der Waals surface area contributed by atoms with Crippen molar-refractivity contribution in [3.05, 3.63) is 45.5 Å². The van der Waals surface area contributed by atoms with Crippen LogP contribution in [0.1, 0.15) is 17.3 Å². The van der Waals surface area contributed by atoms with Crippen molar-refractivity contribution in [3.63, 3.8) is 0 Å². The second kappa shape index (κ2) is 7.04. The third-order valence-electron chi connectivity index (χ3n) is 2.73. The van der Waals surface area contributed by atoms with Crippen molar-refractivity contribution in [3.8, 4) is 0 Å². The lowest BCUT2D eigenvalue weighted by Crippen LogP contribution is -2.26. The smallest absolute Gasteiger partial charge is 0.240 e. The van der Waals surface area contributed by atoms with E-state index in [1.165, 1.54) is 0 Å². The maximum Gasteiger partial charge on any atom is 0.240 e. The molecule has 1 heterocycles. The van der Waals surface area contributed by atoms with E-state index < -0.39 is 0 Å². The lowest BCUT2D eigenvalue weighted by Gasteiger charge is -2.19. The van der Waals surface area contributed by atoms with Gasteiger partial charge in [0, 0.05) is 13.1 Å². The predicted octanol–water partition coefficient (Wildman–Crippen LogP) is 2.68. The third-order valence-corrected chi connectivity index (χ3v) is 3.47. The minimum absolute atomic E-state index is 0.0500. The van der Waals surface area contributed by atoms with Gasteiger partial charge in [0.2, 0.25) is 5.89 Å². The summed E-state index contributed by atoms with van der Waals surface area (Å²) in [5.41, 5.74) is 1.00. The number of aliphatic hydroxyl groups excluding tert-OH is 1. The van der Waals surface area contributed by atoms with Gasteiger partial charge in [0.1, 0.15) is 0 Å². The molecule has 2 rings (SSSR count). The van der Waals surface area contributed by atoms with E-state index in [9.17, 15) is 0 Å². The highest BCUT2D eigenvalue weighted by Gasteiger charge is 2.12. The van der Waals surface area contributed by atoms with Crippen LogP contribution in [0.5, 0.6) is 0 Å². The topological polar surface area (TPSA) is 62.4 Å². The molecule has 0 aliphatic rings. The van der Waals surface area contributed by atoms with Crippen LogP contribution in [0.25, 0.3) is 0 Å². The third kappa shape index (κ3) is 4.18. The van der Waals surface area contributed by atoms with Gasteiger partial charge >= 0.3 is 0 Å². The van der Waals surface area contributed by atoms with Crippen molar-refractivity contribution in [1.29, 1.82) is 0 Å².